The third-order valence-corrected chi connectivity index (χ3v) is 3.10. The summed E-state index contributed by atoms with van der Waals surface area (Å²) in [5, 5.41) is 2.83. The fraction of sp³-hybridized carbons (Fsp3) is 0.462. The van der Waals surface area contributed by atoms with Gasteiger partial charge in [-0.15, -0.1) is 0 Å². The maximum atomic E-state index is 13.5. The molecule has 1 atom stereocenters. The molecule has 1 unspecified atom stereocenters. The normalized spacial score (nSPS) is 16.9. The van der Waals surface area contributed by atoms with Crippen LogP contribution < -0.4 is 5.32 Å². The number of benzene rings is 1. The van der Waals surface area contributed by atoms with Crippen LogP contribution in [0.15, 0.2) is 24.3 Å². The third-order valence-electron chi connectivity index (χ3n) is 3.10. The van der Waals surface area contributed by atoms with Gasteiger partial charge in [0.2, 0.25) is 0 Å². The molecule has 0 saturated carbocycles. The number of urea groups is 1. The molecule has 1 aromatic carbocycles. The predicted molar refractivity (Wildman–Crippen MR) is 64.2 cm³/mol. The van der Waals surface area contributed by atoms with Gasteiger partial charge in [0.05, 0.1) is 6.04 Å². The van der Waals surface area contributed by atoms with E-state index in [1.165, 1.54) is 6.07 Å². The van der Waals surface area contributed by atoms with Gasteiger partial charge in [-0.1, -0.05) is 18.2 Å². The van der Waals surface area contributed by atoms with Crippen molar-refractivity contribution in [1.29, 1.82) is 0 Å². The molecule has 0 aromatic heterocycles. The molecule has 0 bridgehead atoms. The minimum Gasteiger partial charge on any atom is -0.331 e. The second kappa shape index (κ2) is 5.17. The van der Waals surface area contributed by atoms with Crippen molar-refractivity contribution >= 4 is 6.03 Å². The van der Waals surface area contributed by atoms with Crippen molar-refractivity contribution in [3.63, 3.8) is 0 Å². The molecule has 0 aliphatic carbocycles. The zero-order valence-electron chi connectivity index (χ0n) is 9.95. The number of halogens is 1. The van der Waals surface area contributed by atoms with Crippen LogP contribution in [0.2, 0.25) is 0 Å². The Bertz CT molecular complexity index is 402. The molecular weight excluding hydrogens is 219 g/mol. The summed E-state index contributed by atoms with van der Waals surface area (Å²) in [5.74, 6) is -0.276. The number of amides is 2. The topological polar surface area (TPSA) is 32.3 Å². The Morgan fingerprint density at radius 1 is 1.35 bits per heavy atom. The maximum Gasteiger partial charge on any atom is 0.317 e. The van der Waals surface area contributed by atoms with Crippen LogP contribution in [0.25, 0.3) is 0 Å². The highest BCUT2D eigenvalue weighted by atomic mass is 19.1. The van der Waals surface area contributed by atoms with Crippen molar-refractivity contribution in [3.05, 3.63) is 35.6 Å². The minimum absolute atomic E-state index is 0.0988. The fourth-order valence-corrected chi connectivity index (χ4v) is 2.10. The molecule has 1 aromatic rings. The van der Waals surface area contributed by atoms with Crippen LogP contribution in [0, 0.1) is 5.82 Å². The smallest absolute Gasteiger partial charge is 0.317 e. The lowest BCUT2D eigenvalue weighted by molar-refractivity contribution is 0.205. The molecule has 3 nitrogen and oxygen atoms in total. The molecule has 0 radical (unpaired) electrons. The molecule has 1 N–H and O–H groups in total. The first-order valence-corrected chi connectivity index (χ1v) is 5.98. The molecule has 1 heterocycles. The molecule has 0 spiro atoms. The van der Waals surface area contributed by atoms with Gasteiger partial charge >= 0.3 is 6.03 Å². The molecule has 1 aliphatic rings. The van der Waals surface area contributed by atoms with Crippen molar-refractivity contribution in [2.45, 2.75) is 25.8 Å². The highest BCUT2D eigenvalue weighted by molar-refractivity contribution is 5.74. The van der Waals surface area contributed by atoms with E-state index in [2.05, 4.69) is 5.32 Å². The van der Waals surface area contributed by atoms with Crippen molar-refractivity contribution in [1.82, 2.24) is 10.2 Å². The number of carbonyl (C=O) groups excluding carboxylic acids is 1. The van der Waals surface area contributed by atoms with E-state index in [1.807, 2.05) is 0 Å². The molecule has 1 saturated heterocycles. The lowest BCUT2D eigenvalue weighted by Gasteiger charge is -2.20. The lowest BCUT2D eigenvalue weighted by Crippen LogP contribution is -2.39. The Morgan fingerprint density at radius 2 is 2.00 bits per heavy atom. The Balaban J connectivity index is 1.99. The molecule has 92 valence electrons. The number of hydrogen-bond donors (Lipinski definition) is 1. The molecule has 4 heteroatoms. The van der Waals surface area contributed by atoms with E-state index in [4.69, 9.17) is 0 Å². The van der Waals surface area contributed by atoms with Gasteiger partial charge in [0.15, 0.2) is 0 Å². The first-order valence-electron chi connectivity index (χ1n) is 5.98. The summed E-state index contributed by atoms with van der Waals surface area (Å²) in [7, 11) is 0. The Labute approximate surface area is 101 Å². The molecule has 2 rings (SSSR count). The van der Waals surface area contributed by atoms with Crippen LogP contribution in [0.4, 0.5) is 9.18 Å². The summed E-state index contributed by atoms with van der Waals surface area (Å²) >= 11 is 0. The summed E-state index contributed by atoms with van der Waals surface area (Å²) in [6.45, 7) is 3.40. The van der Waals surface area contributed by atoms with Gasteiger partial charge in [0.1, 0.15) is 5.82 Å². The second-order valence-corrected chi connectivity index (χ2v) is 4.39. The first-order chi connectivity index (χ1) is 8.18. The standard InChI is InChI=1S/C13H17FN2O/c1-10(11-6-2-3-7-12(11)14)15-13(17)16-8-4-5-9-16/h2-3,6-7,10H,4-5,8-9H2,1H3,(H,15,17). The van der Waals surface area contributed by atoms with Crippen LogP contribution >= 0.6 is 0 Å². The number of rotatable bonds is 2. The van der Waals surface area contributed by atoms with Crippen LogP contribution in [0.3, 0.4) is 0 Å². The molecule has 17 heavy (non-hydrogen) atoms. The van der Waals surface area contributed by atoms with Gasteiger partial charge in [-0.3, -0.25) is 0 Å². The number of nitrogens with one attached hydrogen (secondary N) is 1. The maximum absolute atomic E-state index is 13.5. The van der Waals surface area contributed by atoms with E-state index >= 15 is 0 Å². The SMILES string of the molecule is CC(NC(=O)N1CCCC1)c1ccccc1F. The van der Waals surface area contributed by atoms with Crippen molar-refractivity contribution in [2.24, 2.45) is 0 Å². The first kappa shape index (κ1) is 11.9. The molecular formula is C13H17FN2O. The zero-order valence-corrected chi connectivity index (χ0v) is 9.95. The van der Waals surface area contributed by atoms with E-state index in [9.17, 15) is 9.18 Å². The lowest BCUT2D eigenvalue weighted by atomic mass is 10.1. The molecule has 1 fully saturated rings. The van der Waals surface area contributed by atoms with E-state index in [0.29, 0.717) is 5.56 Å². The zero-order chi connectivity index (χ0) is 12.3. The molecule has 2 amide bonds. The van der Waals surface area contributed by atoms with Gasteiger partial charge in [0.25, 0.3) is 0 Å². The summed E-state index contributed by atoms with van der Waals surface area (Å²) in [4.78, 5) is 13.6. The second-order valence-electron chi connectivity index (χ2n) is 4.39. The monoisotopic (exact) mass is 236 g/mol. The number of hydrogen-bond acceptors (Lipinski definition) is 1. The van der Waals surface area contributed by atoms with Gasteiger partial charge in [-0.05, 0) is 25.8 Å². The van der Waals surface area contributed by atoms with Crippen molar-refractivity contribution in [3.8, 4) is 0 Å². The average Bonchev–Trinajstić information content (AvgIpc) is 2.82. The Hall–Kier alpha value is -1.58. The fourth-order valence-electron chi connectivity index (χ4n) is 2.10. The average molecular weight is 236 g/mol. The summed E-state index contributed by atoms with van der Waals surface area (Å²) < 4.78 is 13.5. The van der Waals surface area contributed by atoms with Crippen LogP contribution in [0.1, 0.15) is 31.4 Å². The number of carbonyl (C=O) groups is 1. The van der Waals surface area contributed by atoms with Gasteiger partial charge in [0, 0.05) is 18.7 Å². The molecule has 1 aliphatic heterocycles. The summed E-state index contributed by atoms with van der Waals surface area (Å²) in [5.41, 5.74) is 0.528. The van der Waals surface area contributed by atoms with E-state index in [1.54, 1.807) is 30.0 Å². The van der Waals surface area contributed by atoms with E-state index in [0.717, 1.165) is 25.9 Å². The summed E-state index contributed by atoms with van der Waals surface area (Å²) in [6, 6.07) is 6.13. The third kappa shape index (κ3) is 2.75. The summed E-state index contributed by atoms with van der Waals surface area (Å²) in [6.07, 6.45) is 2.11. The van der Waals surface area contributed by atoms with Crippen molar-refractivity contribution < 1.29 is 9.18 Å². The highest BCUT2D eigenvalue weighted by Crippen LogP contribution is 2.17. The van der Waals surface area contributed by atoms with Crippen molar-refractivity contribution in [2.75, 3.05) is 13.1 Å². The highest BCUT2D eigenvalue weighted by Gasteiger charge is 2.20. The largest absolute Gasteiger partial charge is 0.331 e. The van der Waals surface area contributed by atoms with Crippen LogP contribution in [0.5, 0.6) is 0 Å². The van der Waals surface area contributed by atoms with Gasteiger partial charge in [-0.25, -0.2) is 9.18 Å². The van der Waals surface area contributed by atoms with Gasteiger partial charge < -0.3 is 10.2 Å². The Morgan fingerprint density at radius 3 is 2.65 bits per heavy atom. The van der Waals surface area contributed by atoms with Crippen LogP contribution in [-0.2, 0) is 0 Å². The number of nitrogens with zero attached hydrogens (tertiary/aromatic N) is 1. The quantitative estimate of drug-likeness (QED) is 0.841. The number of likely N-dealkylation sites (tertiary alicyclic amines) is 1. The predicted octanol–water partition coefficient (Wildman–Crippen LogP) is 2.69. The van der Waals surface area contributed by atoms with E-state index in [-0.39, 0.29) is 17.9 Å². The van der Waals surface area contributed by atoms with Crippen LogP contribution in [-0.4, -0.2) is 24.0 Å². The Kier molecular flexibility index (Phi) is 3.61. The van der Waals surface area contributed by atoms with Gasteiger partial charge in [-0.2, -0.15) is 0 Å². The van der Waals surface area contributed by atoms with E-state index < -0.39 is 0 Å². The minimum atomic E-state index is -0.302.